The maximum Gasteiger partial charge on any atom is 0.251 e. The number of aryl methyl sites for hydroxylation is 1. The lowest BCUT2D eigenvalue weighted by molar-refractivity contribution is -0.117. The van der Waals surface area contributed by atoms with Gasteiger partial charge in [-0.15, -0.1) is 0 Å². The van der Waals surface area contributed by atoms with Crippen molar-refractivity contribution in [2.45, 2.75) is 31.8 Å². The topological polar surface area (TPSA) is 84.2 Å². The smallest absolute Gasteiger partial charge is 0.251 e. The van der Waals surface area contributed by atoms with E-state index in [1.165, 1.54) is 0 Å². The van der Waals surface area contributed by atoms with Crippen molar-refractivity contribution in [1.29, 1.82) is 0 Å². The first-order chi connectivity index (χ1) is 11.5. The van der Waals surface area contributed by atoms with Crippen molar-refractivity contribution in [2.24, 2.45) is 5.73 Å². The molecule has 3 rings (SSSR count). The van der Waals surface area contributed by atoms with Crippen LogP contribution in [0.15, 0.2) is 48.5 Å². The predicted octanol–water partition coefficient (Wildman–Crippen LogP) is 2.53. The molecule has 2 aromatic rings. The second kappa shape index (κ2) is 6.84. The highest BCUT2D eigenvalue weighted by molar-refractivity contribution is 5.97. The largest absolute Gasteiger partial charge is 0.349 e. The van der Waals surface area contributed by atoms with E-state index in [2.05, 4.69) is 10.6 Å². The molecule has 0 bridgehead atoms. The molecular weight excluding hydrogens is 302 g/mol. The number of carbonyl (C=O) groups is 2. The molecule has 0 spiro atoms. The zero-order valence-electron chi connectivity index (χ0n) is 13.6. The fourth-order valence-corrected chi connectivity index (χ4v) is 2.35. The Labute approximate surface area is 141 Å². The highest BCUT2D eigenvalue weighted by Gasteiger charge is 2.23. The van der Waals surface area contributed by atoms with Crippen molar-refractivity contribution < 1.29 is 9.59 Å². The van der Waals surface area contributed by atoms with Crippen LogP contribution in [-0.2, 0) is 4.79 Å². The summed E-state index contributed by atoms with van der Waals surface area (Å²) >= 11 is 0. The van der Waals surface area contributed by atoms with Gasteiger partial charge in [-0.05, 0) is 49.6 Å². The van der Waals surface area contributed by atoms with Gasteiger partial charge in [0.1, 0.15) is 6.04 Å². The number of rotatable bonds is 5. The van der Waals surface area contributed by atoms with Crippen LogP contribution in [0.1, 0.15) is 40.4 Å². The highest BCUT2D eigenvalue weighted by atomic mass is 16.2. The van der Waals surface area contributed by atoms with E-state index in [4.69, 9.17) is 5.73 Å². The summed E-state index contributed by atoms with van der Waals surface area (Å²) in [4.78, 5) is 24.2. The quantitative estimate of drug-likeness (QED) is 0.790. The van der Waals surface area contributed by atoms with E-state index in [9.17, 15) is 9.59 Å². The van der Waals surface area contributed by atoms with Crippen LogP contribution in [0, 0.1) is 6.92 Å². The molecular formula is C19H21N3O2. The number of hydrogen-bond acceptors (Lipinski definition) is 3. The molecule has 124 valence electrons. The zero-order chi connectivity index (χ0) is 17.1. The predicted molar refractivity (Wildman–Crippen MR) is 93.7 cm³/mol. The standard InChI is InChI=1S/C19H21N3O2/c1-12-2-4-13(5-3-12)17(20)19(24)22-15-8-6-14(7-9-15)18(23)21-16-10-11-16/h2-9,16-17H,10-11,20H2,1H3,(H,21,23)(H,22,24). The molecule has 1 aliphatic carbocycles. The van der Waals surface area contributed by atoms with E-state index in [-0.39, 0.29) is 11.8 Å². The third-order valence-electron chi connectivity index (χ3n) is 4.05. The number of hydrogen-bond donors (Lipinski definition) is 3. The average Bonchev–Trinajstić information content (AvgIpc) is 3.39. The van der Waals surface area contributed by atoms with Crippen LogP contribution in [0.25, 0.3) is 0 Å². The molecule has 2 amide bonds. The minimum atomic E-state index is -0.733. The Morgan fingerprint density at radius 1 is 1.04 bits per heavy atom. The molecule has 24 heavy (non-hydrogen) atoms. The van der Waals surface area contributed by atoms with E-state index in [0.717, 1.165) is 24.0 Å². The Kier molecular flexibility index (Phi) is 4.62. The highest BCUT2D eigenvalue weighted by Crippen LogP contribution is 2.20. The monoisotopic (exact) mass is 323 g/mol. The van der Waals surface area contributed by atoms with E-state index >= 15 is 0 Å². The summed E-state index contributed by atoms with van der Waals surface area (Å²) in [6, 6.07) is 14.0. The van der Waals surface area contributed by atoms with Gasteiger partial charge in [-0.1, -0.05) is 29.8 Å². The lowest BCUT2D eigenvalue weighted by Crippen LogP contribution is -2.28. The number of nitrogens with one attached hydrogen (secondary N) is 2. The molecule has 2 aromatic carbocycles. The van der Waals surface area contributed by atoms with Gasteiger partial charge in [-0.3, -0.25) is 9.59 Å². The number of carbonyl (C=O) groups excluding carboxylic acids is 2. The van der Waals surface area contributed by atoms with Gasteiger partial charge in [-0.25, -0.2) is 0 Å². The van der Waals surface area contributed by atoms with Gasteiger partial charge in [0.05, 0.1) is 0 Å². The Balaban J connectivity index is 1.61. The number of benzene rings is 2. The second-order valence-electron chi connectivity index (χ2n) is 6.20. The van der Waals surface area contributed by atoms with Crippen LogP contribution < -0.4 is 16.4 Å². The fourth-order valence-electron chi connectivity index (χ4n) is 2.35. The van der Waals surface area contributed by atoms with Crippen LogP contribution in [0.3, 0.4) is 0 Å². The summed E-state index contributed by atoms with van der Waals surface area (Å²) in [5, 5.41) is 5.71. The van der Waals surface area contributed by atoms with Crippen LogP contribution >= 0.6 is 0 Å². The Bertz CT molecular complexity index is 734. The van der Waals surface area contributed by atoms with Gasteiger partial charge >= 0.3 is 0 Å². The first-order valence-electron chi connectivity index (χ1n) is 8.07. The average molecular weight is 323 g/mol. The third-order valence-corrected chi connectivity index (χ3v) is 4.05. The summed E-state index contributed by atoms with van der Waals surface area (Å²) in [6.07, 6.45) is 2.10. The van der Waals surface area contributed by atoms with Gasteiger partial charge in [0.25, 0.3) is 5.91 Å². The molecule has 0 saturated heterocycles. The Morgan fingerprint density at radius 2 is 1.67 bits per heavy atom. The molecule has 0 radical (unpaired) electrons. The lowest BCUT2D eigenvalue weighted by atomic mass is 10.1. The summed E-state index contributed by atoms with van der Waals surface area (Å²) in [7, 11) is 0. The first kappa shape index (κ1) is 16.2. The van der Waals surface area contributed by atoms with Crippen LogP contribution in [0.5, 0.6) is 0 Å². The van der Waals surface area contributed by atoms with Crippen molar-refractivity contribution >= 4 is 17.5 Å². The van der Waals surface area contributed by atoms with E-state index in [0.29, 0.717) is 17.3 Å². The number of nitrogens with two attached hydrogens (primary N) is 1. The zero-order valence-corrected chi connectivity index (χ0v) is 13.6. The molecule has 5 heteroatoms. The van der Waals surface area contributed by atoms with Gasteiger partial charge < -0.3 is 16.4 Å². The molecule has 1 aliphatic rings. The maximum absolute atomic E-state index is 12.3. The molecule has 0 aromatic heterocycles. The van der Waals surface area contributed by atoms with Crippen molar-refractivity contribution in [2.75, 3.05) is 5.32 Å². The van der Waals surface area contributed by atoms with Crippen LogP contribution in [-0.4, -0.2) is 17.9 Å². The van der Waals surface area contributed by atoms with E-state index < -0.39 is 6.04 Å². The molecule has 5 nitrogen and oxygen atoms in total. The summed E-state index contributed by atoms with van der Waals surface area (Å²) in [5.74, 6) is -0.360. The summed E-state index contributed by atoms with van der Waals surface area (Å²) in [6.45, 7) is 1.98. The summed E-state index contributed by atoms with van der Waals surface area (Å²) in [5.41, 5.74) is 9.08. The van der Waals surface area contributed by atoms with Gasteiger partial charge in [0.2, 0.25) is 5.91 Å². The van der Waals surface area contributed by atoms with Gasteiger partial charge in [0, 0.05) is 17.3 Å². The van der Waals surface area contributed by atoms with E-state index in [1.54, 1.807) is 24.3 Å². The van der Waals surface area contributed by atoms with Crippen LogP contribution in [0.2, 0.25) is 0 Å². The molecule has 1 unspecified atom stereocenters. The molecule has 4 N–H and O–H groups in total. The van der Waals surface area contributed by atoms with Crippen LogP contribution in [0.4, 0.5) is 5.69 Å². The Morgan fingerprint density at radius 3 is 2.25 bits per heavy atom. The normalized spacial score (nSPS) is 14.8. The lowest BCUT2D eigenvalue weighted by Gasteiger charge is -2.13. The number of anilines is 1. The van der Waals surface area contributed by atoms with Gasteiger partial charge in [0.15, 0.2) is 0 Å². The molecule has 1 saturated carbocycles. The van der Waals surface area contributed by atoms with Crippen molar-refractivity contribution in [1.82, 2.24) is 5.32 Å². The van der Waals surface area contributed by atoms with Crippen molar-refractivity contribution in [3.05, 3.63) is 65.2 Å². The second-order valence-corrected chi connectivity index (χ2v) is 6.20. The minimum Gasteiger partial charge on any atom is -0.349 e. The third kappa shape index (κ3) is 4.00. The minimum absolute atomic E-state index is 0.0771. The molecule has 0 heterocycles. The maximum atomic E-state index is 12.3. The molecule has 1 fully saturated rings. The van der Waals surface area contributed by atoms with Gasteiger partial charge in [-0.2, -0.15) is 0 Å². The summed E-state index contributed by atoms with van der Waals surface area (Å²) < 4.78 is 0. The SMILES string of the molecule is Cc1ccc(C(N)C(=O)Nc2ccc(C(=O)NC3CC3)cc2)cc1. The Hall–Kier alpha value is -2.66. The van der Waals surface area contributed by atoms with E-state index in [1.807, 2.05) is 31.2 Å². The fraction of sp³-hybridized carbons (Fsp3) is 0.263. The van der Waals surface area contributed by atoms with Crippen molar-refractivity contribution in [3.8, 4) is 0 Å². The molecule has 0 aliphatic heterocycles. The first-order valence-corrected chi connectivity index (χ1v) is 8.07. The number of amides is 2. The van der Waals surface area contributed by atoms with Crippen molar-refractivity contribution in [3.63, 3.8) is 0 Å². The molecule has 1 atom stereocenters.